The fourth-order valence-corrected chi connectivity index (χ4v) is 3.21. The second-order valence-corrected chi connectivity index (χ2v) is 6.33. The van der Waals surface area contributed by atoms with Crippen molar-refractivity contribution in [1.82, 2.24) is 10.0 Å². The van der Waals surface area contributed by atoms with Gasteiger partial charge in [-0.15, -0.1) is 0 Å². The third-order valence-electron chi connectivity index (χ3n) is 3.09. The Morgan fingerprint density at radius 1 is 1.14 bits per heavy atom. The SMILES string of the molecule is Brc1cccc(Br)c1NC1=NCCN1OCc1ccccn1. The van der Waals surface area contributed by atoms with Crippen LogP contribution in [0.25, 0.3) is 0 Å². The summed E-state index contributed by atoms with van der Waals surface area (Å²) in [4.78, 5) is 14.5. The van der Waals surface area contributed by atoms with Crippen LogP contribution in [-0.2, 0) is 11.4 Å². The van der Waals surface area contributed by atoms with Gasteiger partial charge in [0.25, 0.3) is 0 Å². The highest BCUT2D eigenvalue weighted by molar-refractivity contribution is 9.11. The number of halogens is 2. The Labute approximate surface area is 145 Å². The lowest BCUT2D eigenvalue weighted by Gasteiger charge is -2.21. The fourth-order valence-electron chi connectivity index (χ4n) is 2.02. The van der Waals surface area contributed by atoms with Gasteiger partial charge < -0.3 is 5.32 Å². The van der Waals surface area contributed by atoms with Crippen molar-refractivity contribution in [2.24, 2.45) is 4.99 Å². The molecule has 5 nitrogen and oxygen atoms in total. The molecule has 0 saturated heterocycles. The van der Waals surface area contributed by atoms with E-state index in [1.807, 2.05) is 36.4 Å². The summed E-state index contributed by atoms with van der Waals surface area (Å²) in [5, 5.41) is 5.06. The lowest BCUT2D eigenvalue weighted by molar-refractivity contribution is -0.104. The normalized spacial score (nSPS) is 14.1. The van der Waals surface area contributed by atoms with Crippen LogP contribution in [0.3, 0.4) is 0 Å². The molecule has 0 unspecified atom stereocenters. The molecule has 1 aliphatic heterocycles. The number of nitrogens with zero attached hydrogens (tertiary/aromatic N) is 3. The summed E-state index contributed by atoms with van der Waals surface area (Å²) in [6.07, 6.45) is 1.76. The predicted molar refractivity (Wildman–Crippen MR) is 93.5 cm³/mol. The van der Waals surface area contributed by atoms with Gasteiger partial charge in [0, 0.05) is 15.1 Å². The molecule has 114 valence electrons. The Hall–Kier alpha value is -1.44. The minimum absolute atomic E-state index is 0.415. The van der Waals surface area contributed by atoms with Crippen LogP contribution in [0.2, 0.25) is 0 Å². The highest BCUT2D eigenvalue weighted by Gasteiger charge is 2.20. The summed E-state index contributed by atoms with van der Waals surface area (Å²) in [7, 11) is 0. The maximum Gasteiger partial charge on any atom is 0.223 e. The van der Waals surface area contributed by atoms with E-state index in [1.54, 1.807) is 11.3 Å². The van der Waals surface area contributed by atoms with Crippen molar-refractivity contribution >= 4 is 43.5 Å². The van der Waals surface area contributed by atoms with Gasteiger partial charge in [-0.1, -0.05) is 12.1 Å². The average molecular weight is 426 g/mol. The molecule has 1 aliphatic rings. The van der Waals surface area contributed by atoms with E-state index in [0.29, 0.717) is 19.1 Å². The van der Waals surface area contributed by atoms with E-state index in [-0.39, 0.29) is 0 Å². The zero-order valence-corrected chi connectivity index (χ0v) is 14.8. The van der Waals surface area contributed by atoms with E-state index in [2.05, 4.69) is 47.2 Å². The topological polar surface area (TPSA) is 49.8 Å². The maximum atomic E-state index is 5.80. The van der Waals surface area contributed by atoms with E-state index < -0.39 is 0 Å². The average Bonchev–Trinajstić information content (AvgIpc) is 2.97. The molecule has 0 atom stereocenters. The van der Waals surface area contributed by atoms with Gasteiger partial charge in [-0.25, -0.2) is 10.1 Å². The minimum atomic E-state index is 0.415. The number of rotatable bonds is 4. The molecule has 7 heteroatoms. The quantitative estimate of drug-likeness (QED) is 0.808. The third-order valence-corrected chi connectivity index (χ3v) is 4.42. The van der Waals surface area contributed by atoms with Gasteiger partial charge in [0.15, 0.2) is 0 Å². The molecule has 0 fully saturated rings. The smallest absolute Gasteiger partial charge is 0.223 e. The summed E-state index contributed by atoms with van der Waals surface area (Å²) in [6, 6.07) is 11.7. The van der Waals surface area contributed by atoms with E-state index in [1.165, 1.54) is 0 Å². The molecule has 1 aromatic carbocycles. The molecule has 0 spiro atoms. The van der Waals surface area contributed by atoms with Gasteiger partial charge in [0.1, 0.15) is 6.61 Å². The van der Waals surface area contributed by atoms with E-state index in [4.69, 9.17) is 4.84 Å². The molecular weight excluding hydrogens is 412 g/mol. The van der Waals surface area contributed by atoms with Gasteiger partial charge >= 0.3 is 0 Å². The fraction of sp³-hybridized carbons (Fsp3) is 0.200. The summed E-state index contributed by atoms with van der Waals surface area (Å²) >= 11 is 7.07. The number of hydroxylamine groups is 2. The highest BCUT2D eigenvalue weighted by Crippen LogP contribution is 2.31. The number of benzene rings is 1. The summed E-state index contributed by atoms with van der Waals surface area (Å²) in [5.41, 5.74) is 1.81. The molecular formula is C15H14Br2N4O. The van der Waals surface area contributed by atoms with Crippen LogP contribution in [0.4, 0.5) is 5.69 Å². The number of hydrogen-bond acceptors (Lipinski definition) is 5. The van der Waals surface area contributed by atoms with Gasteiger partial charge in [-0.3, -0.25) is 9.82 Å². The number of aliphatic imine (C=N–C) groups is 1. The number of nitrogens with one attached hydrogen (secondary N) is 1. The first kappa shape index (κ1) is 15.5. The van der Waals surface area contributed by atoms with E-state index >= 15 is 0 Å². The van der Waals surface area contributed by atoms with Gasteiger partial charge in [-0.2, -0.15) is 0 Å². The van der Waals surface area contributed by atoms with Crippen molar-refractivity contribution in [2.75, 3.05) is 18.4 Å². The van der Waals surface area contributed by atoms with Crippen LogP contribution in [0, 0.1) is 0 Å². The second kappa shape index (κ2) is 7.21. The second-order valence-electron chi connectivity index (χ2n) is 4.62. The van der Waals surface area contributed by atoms with E-state index in [9.17, 15) is 0 Å². The van der Waals surface area contributed by atoms with Crippen LogP contribution >= 0.6 is 31.9 Å². The van der Waals surface area contributed by atoms with Crippen LogP contribution in [-0.4, -0.2) is 29.1 Å². The Morgan fingerprint density at radius 3 is 2.68 bits per heavy atom. The Morgan fingerprint density at radius 2 is 1.95 bits per heavy atom. The monoisotopic (exact) mass is 424 g/mol. The minimum Gasteiger partial charge on any atom is -0.322 e. The lowest BCUT2D eigenvalue weighted by atomic mass is 10.3. The summed E-state index contributed by atoms with van der Waals surface area (Å²) in [5.74, 6) is 0.698. The first-order valence-electron chi connectivity index (χ1n) is 6.80. The summed E-state index contributed by atoms with van der Waals surface area (Å²) < 4.78 is 1.92. The Bertz CT molecular complexity index is 658. The van der Waals surface area contributed by atoms with E-state index in [0.717, 1.165) is 26.9 Å². The number of aromatic nitrogens is 1. The molecule has 2 aromatic rings. The first-order chi connectivity index (χ1) is 10.7. The third kappa shape index (κ3) is 3.66. The van der Waals surface area contributed by atoms with Gasteiger partial charge in [0.05, 0.1) is 24.5 Å². The molecule has 2 heterocycles. The summed E-state index contributed by atoms with van der Waals surface area (Å²) in [6.45, 7) is 1.84. The molecule has 0 bridgehead atoms. The van der Waals surface area contributed by atoms with Crippen LogP contribution in [0.5, 0.6) is 0 Å². The number of anilines is 1. The molecule has 22 heavy (non-hydrogen) atoms. The Kier molecular flexibility index (Phi) is 5.07. The van der Waals surface area contributed by atoms with Crippen molar-refractivity contribution in [3.8, 4) is 0 Å². The standard InChI is InChI=1S/C15H14Br2N4O/c16-12-5-3-6-13(17)14(12)20-15-19-8-9-21(15)22-10-11-4-1-2-7-18-11/h1-7H,8-10H2,(H,19,20). The van der Waals surface area contributed by atoms with Crippen molar-refractivity contribution < 1.29 is 4.84 Å². The zero-order valence-electron chi connectivity index (χ0n) is 11.7. The number of pyridine rings is 1. The van der Waals surface area contributed by atoms with Crippen molar-refractivity contribution in [3.63, 3.8) is 0 Å². The Balaban J connectivity index is 1.66. The predicted octanol–water partition coefficient (Wildman–Crippen LogP) is 3.82. The molecule has 0 radical (unpaired) electrons. The first-order valence-corrected chi connectivity index (χ1v) is 8.38. The van der Waals surface area contributed by atoms with Crippen LogP contribution in [0.15, 0.2) is 56.5 Å². The van der Waals surface area contributed by atoms with Crippen molar-refractivity contribution in [2.45, 2.75) is 6.61 Å². The van der Waals surface area contributed by atoms with Crippen LogP contribution < -0.4 is 5.32 Å². The number of para-hydroxylation sites is 1. The van der Waals surface area contributed by atoms with Gasteiger partial charge in [-0.05, 0) is 56.1 Å². The number of hydrogen-bond donors (Lipinski definition) is 1. The molecule has 1 N–H and O–H groups in total. The highest BCUT2D eigenvalue weighted by atomic mass is 79.9. The van der Waals surface area contributed by atoms with Crippen molar-refractivity contribution in [1.29, 1.82) is 0 Å². The molecule has 0 saturated carbocycles. The van der Waals surface area contributed by atoms with Gasteiger partial charge in [0.2, 0.25) is 5.96 Å². The molecule has 0 aliphatic carbocycles. The van der Waals surface area contributed by atoms with Crippen LogP contribution in [0.1, 0.15) is 5.69 Å². The molecule has 0 amide bonds. The lowest BCUT2D eigenvalue weighted by Crippen LogP contribution is -2.33. The molecule has 1 aromatic heterocycles. The maximum absolute atomic E-state index is 5.80. The number of guanidine groups is 1. The molecule has 3 rings (SSSR count). The van der Waals surface area contributed by atoms with Crippen molar-refractivity contribution in [3.05, 3.63) is 57.2 Å². The largest absolute Gasteiger partial charge is 0.322 e. The zero-order chi connectivity index (χ0) is 15.4.